The van der Waals surface area contributed by atoms with Gasteiger partial charge in [0, 0.05) is 55.8 Å². The molecule has 1 unspecified atom stereocenters. The van der Waals surface area contributed by atoms with E-state index in [0.29, 0.717) is 43.5 Å². The van der Waals surface area contributed by atoms with Crippen LogP contribution in [0.5, 0.6) is 5.75 Å². The summed E-state index contributed by atoms with van der Waals surface area (Å²) in [4.78, 5) is 42.2. The summed E-state index contributed by atoms with van der Waals surface area (Å²) in [5.41, 5.74) is 1.25. The van der Waals surface area contributed by atoms with Gasteiger partial charge in [0.05, 0.1) is 6.33 Å². The molecule has 0 saturated carbocycles. The number of nitrogens with zero attached hydrogens (tertiary/aromatic N) is 2. The van der Waals surface area contributed by atoms with Gasteiger partial charge in [0.1, 0.15) is 18.5 Å². The number of carboxylic acid groups (broad SMARTS) is 4. The number of aliphatic hydroxyl groups excluding tert-OH is 1. The first-order valence-corrected chi connectivity index (χ1v) is 11.3. The summed E-state index contributed by atoms with van der Waals surface area (Å²) in [6, 6.07) is 8.39. The lowest BCUT2D eigenvalue weighted by Crippen LogP contribution is -2.35. The van der Waals surface area contributed by atoms with Gasteiger partial charge in [0.15, 0.2) is 0 Å². The van der Waals surface area contributed by atoms with Gasteiger partial charge in [-0.25, -0.2) is 24.2 Å². The summed E-state index contributed by atoms with van der Waals surface area (Å²) in [5, 5.41) is 44.2. The van der Waals surface area contributed by atoms with Crippen LogP contribution in [0.4, 0.5) is 0 Å². The Kier molecular flexibility index (Phi) is 17.3. The molecule has 208 valence electrons. The number of carbonyl (C=O) groups is 4. The standard InChI is InChI=1S/C17H25N3O2.2C4H4O4/c1-14(2)19-11-16(21)12-22-17-5-3-15(4-6-17)7-9-20-10-8-18-13-20;2*5-3(6)1-2-4(7)8/h3-6,8,10,13-14,16,19,21H,7,9,11-12H2,1-2H3;2*1-2H,(H,5,6)(H,7,8)/b;2*2-1-. The van der Waals surface area contributed by atoms with Gasteiger partial charge in [-0.15, -0.1) is 0 Å². The molecule has 1 heterocycles. The molecule has 0 aliphatic carbocycles. The molecule has 0 bridgehead atoms. The van der Waals surface area contributed by atoms with Crippen molar-refractivity contribution in [3.63, 3.8) is 0 Å². The molecule has 13 nitrogen and oxygen atoms in total. The van der Waals surface area contributed by atoms with Gasteiger partial charge in [-0.1, -0.05) is 26.0 Å². The van der Waals surface area contributed by atoms with Crippen LogP contribution in [-0.4, -0.2) is 84.3 Å². The lowest BCUT2D eigenvalue weighted by molar-refractivity contribution is -0.134. The highest BCUT2D eigenvalue weighted by atomic mass is 16.5. The maximum atomic E-state index is 9.81. The maximum absolute atomic E-state index is 9.81. The summed E-state index contributed by atoms with van der Waals surface area (Å²) < 4.78 is 7.66. The van der Waals surface area contributed by atoms with Crippen LogP contribution in [0.3, 0.4) is 0 Å². The Morgan fingerprint density at radius 3 is 1.82 bits per heavy atom. The molecule has 2 rings (SSSR count). The van der Waals surface area contributed by atoms with Crippen LogP contribution in [0, 0.1) is 0 Å². The molecular weight excluding hydrogens is 502 g/mol. The van der Waals surface area contributed by atoms with Crippen LogP contribution >= 0.6 is 0 Å². The van der Waals surface area contributed by atoms with E-state index in [9.17, 15) is 24.3 Å². The summed E-state index contributed by atoms with van der Waals surface area (Å²) in [7, 11) is 0. The third kappa shape index (κ3) is 20.8. The number of imidazole rings is 1. The average Bonchev–Trinajstić information content (AvgIpc) is 3.37. The van der Waals surface area contributed by atoms with Crippen LogP contribution in [0.2, 0.25) is 0 Å². The predicted octanol–water partition coefficient (Wildman–Crippen LogP) is 1.29. The van der Waals surface area contributed by atoms with Crippen molar-refractivity contribution >= 4 is 23.9 Å². The number of aliphatic hydroxyl groups is 1. The normalized spacial score (nSPS) is 11.3. The molecule has 0 radical (unpaired) electrons. The fraction of sp³-hybridized carbons (Fsp3) is 0.320. The Balaban J connectivity index is 0.000000705. The molecule has 0 fully saturated rings. The van der Waals surface area contributed by atoms with Crippen LogP contribution in [0.25, 0.3) is 0 Å². The maximum Gasteiger partial charge on any atom is 0.328 e. The zero-order valence-corrected chi connectivity index (χ0v) is 21.0. The minimum atomic E-state index is -1.26. The van der Waals surface area contributed by atoms with Gasteiger partial charge < -0.3 is 40.2 Å². The highest BCUT2D eigenvalue weighted by Gasteiger charge is 2.06. The van der Waals surface area contributed by atoms with Gasteiger partial charge in [-0.05, 0) is 24.1 Å². The fourth-order valence-corrected chi connectivity index (χ4v) is 2.34. The van der Waals surface area contributed by atoms with Crippen molar-refractivity contribution in [1.82, 2.24) is 14.9 Å². The first kappa shape index (κ1) is 33.5. The Hall–Kier alpha value is -4.49. The van der Waals surface area contributed by atoms with E-state index in [4.69, 9.17) is 25.2 Å². The second-order valence-electron chi connectivity index (χ2n) is 7.74. The third-order valence-electron chi connectivity index (χ3n) is 4.08. The van der Waals surface area contributed by atoms with Gasteiger partial charge >= 0.3 is 23.9 Å². The Morgan fingerprint density at radius 1 is 0.921 bits per heavy atom. The number of aromatic nitrogens is 2. The molecule has 0 spiro atoms. The van der Waals surface area contributed by atoms with Crippen molar-refractivity contribution in [2.45, 2.75) is 39.0 Å². The Bertz CT molecular complexity index is 966. The van der Waals surface area contributed by atoms with E-state index >= 15 is 0 Å². The van der Waals surface area contributed by atoms with Crippen LogP contribution < -0.4 is 10.1 Å². The number of hydrogen-bond donors (Lipinski definition) is 6. The largest absolute Gasteiger partial charge is 0.491 e. The van der Waals surface area contributed by atoms with E-state index < -0.39 is 30.0 Å². The van der Waals surface area contributed by atoms with Crippen molar-refractivity contribution < 1.29 is 49.4 Å². The second-order valence-corrected chi connectivity index (χ2v) is 7.74. The van der Waals surface area contributed by atoms with E-state index in [1.165, 1.54) is 5.56 Å². The molecule has 0 amide bonds. The number of carboxylic acids is 4. The van der Waals surface area contributed by atoms with E-state index in [2.05, 4.69) is 40.8 Å². The van der Waals surface area contributed by atoms with Crippen molar-refractivity contribution in [2.75, 3.05) is 13.2 Å². The highest BCUT2D eigenvalue weighted by Crippen LogP contribution is 2.13. The molecule has 0 aliphatic heterocycles. The van der Waals surface area contributed by atoms with Gasteiger partial charge in [0.2, 0.25) is 0 Å². The number of ether oxygens (including phenoxy) is 1. The minimum absolute atomic E-state index is 0.300. The lowest BCUT2D eigenvalue weighted by Gasteiger charge is -2.15. The number of hydrogen-bond acceptors (Lipinski definition) is 8. The Labute approximate surface area is 219 Å². The van der Waals surface area contributed by atoms with E-state index in [1.807, 2.05) is 24.7 Å². The fourth-order valence-electron chi connectivity index (χ4n) is 2.34. The highest BCUT2D eigenvalue weighted by molar-refractivity contribution is 5.90. The van der Waals surface area contributed by atoms with Gasteiger partial charge in [-0.3, -0.25) is 0 Å². The number of rotatable bonds is 13. The molecule has 0 aliphatic rings. The minimum Gasteiger partial charge on any atom is -0.491 e. The SMILES string of the molecule is CC(C)NCC(O)COc1ccc(CCn2ccnc2)cc1.O=C(O)/C=C\C(=O)O.O=C(O)/C=C\C(=O)O. The predicted molar refractivity (Wildman–Crippen MR) is 136 cm³/mol. The topological polar surface area (TPSA) is 209 Å². The zero-order chi connectivity index (χ0) is 28.9. The number of aliphatic carboxylic acids is 4. The van der Waals surface area contributed by atoms with E-state index in [0.717, 1.165) is 18.7 Å². The first-order valence-electron chi connectivity index (χ1n) is 11.3. The first-order chi connectivity index (χ1) is 17.9. The molecule has 6 N–H and O–H groups in total. The van der Waals surface area contributed by atoms with Crippen LogP contribution in [0.15, 0.2) is 67.3 Å². The summed E-state index contributed by atoms with van der Waals surface area (Å²) in [5.74, 6) is -4.24. The molecule has 0 saturated heterocycles. The molecule has 13 heteroatoms. The third-order valence-corrected chi connectivity index (χ3v) is 4.08. The van der Waals surface area contributed by atoms with Crippen molar-refractivity contribution in [1.29, 1.82) is 0 Å². The molecule has 1 aromatic heterocycles. The van der Waals surface area contributed by atoms with E-state index in [-0.39, 0.29) is 0 Å². The van der Waals surface area contributed by atoms with Crippen molar-refractivity contribution in [2.24, 2.45) is 0 Å². The number of aryl methyl sites for hydroxylation is 2. The Morgan fingerprint density at radius 2 is 1.42 bits per heavy atom. The summed E-state index contributed by atoms with van der Waals surface area (Å²) in [6.45, 7) is 5.86. The molecule has 1 atom stereocenters. The summed E-state index contributed by atoms with van der Waals surface area (Å²) in [6.07, 6.45) is 8.26. The molecular formula is C25H33N3O10. The zero-order valence-electron chi connectivity index (χ0n) is 21.0. The number of nitrogens with one attached hydrogen (secondary N) is 1. The molecule has 2 aromatic rings. The molecule has 38 heavy (non-hydrogen) atoms. The van der Waals surface area contributed by atoms with Crippen LogP contribution in [0.1, 0.15) is 19.4 Å². The average molecular weight is 536 g/mol. The number of benzene rings is 1. The van der Waals surface area contributed by atoms with Crippen LogP contribution in [-0.2, 0) is 32.1 Å². The van der Waals surface area contributed by atoms with Gasteiger partial charge in [-0.2, -0.15) is 0 Å². The quantitative estimate of drug-likeness (QED) is 0.200. The monoisotopic (exact) mass is 535 g/mol. The van der Waals surface area contributed by atoms with Gasteiger partial charge in [0.25, 0.3) is 0 Å². The smallest absolute Gasteiger partial charge is 0.328 e. The second kappa shape index (κ2) is 19.7. The lowest BCUT2D eigenvalue weighted by atomic mass is 10.1. The van der Waals surface area contributed by atoms with Crippen molar-refractivity contribution in [3.05, 3.63) is 72.9 Å². The van der Waals surface area contributed by atoms with Crippen molar-refractivity contribution in [3.8, 4) is 5.75 Å². The molecule has 1 aromatic carbocycles. The van der Waals surface area contributed by atoms with E-state index in [1.54, 1.807) is 6.20 Å². The summed E-state index contributed by atoms with van der Waals surface area (Å²) >= 11 is 0.